The Kier molecular flexibility index (Phi) is 6.47. The summed E-state index contributed by atoms with van der Waals surface area (Å²) in [6.07, 6.45) is 2.67. The van der Waals surface area contributed by atoms with Gasteiger partial charge in [-0.2, -0.15) is 5.10 Å². The predicted molar refractivity (Wildman–Crippen MR) is 104 cm³/mol. The SMILES string of the molecule is CCCN1CCCn2nc(CNC(=O)[C@@H](N)Cc3ccc(O)cc3)cc2C1. The molecule has 0 saturated heterocycles. The zero-order valence-electron chi connectivity index (χ0n) is 15.9. The summed E-state index contributed by atoms with van der Waals surface area (Å²) in [6, 6.07) is 8.20. The highest BCUT2D eigenvalue weighted by molar-refractivity contribution is 5.81. The fourth-order valence-corrected chi connectivity index (χ4v) is 3.47. The highest BCUT2D eigenvalue weighted by Gasteiger charge is 2.18. The average Bonchev–Trinajstić information content (AvgIpc) is 2.93. The zero-order chi connectivity index (χ0) is 19.2. The molecule has 1 aromatic carbocycles. The molecule has 7 nitrogen and oxygen atoms in total. The van der Waals surface area contributed by atoms with E-state index < -0.39 is 6.04 Å². The maximum absolute atomic E-state index is 12.3. The van der Waals surface area contributed by atoms with E-state index >= 15 is 0 Å². The number of fused-ring (bicyclic) bond motifs is 1. The standard InChI is InChI=1S/C20H29N5O2/c1-2-8-24-9-3-10-25-17(14-24)12-16(23-25)13-22-20(27)19(21)11-15-4-6-18(26)7-5-15/h4-7,12,19,26H,2-3,8-11,13-14,21H2,1H3,(H,22,27)/t19-/m0/s1. The Morgan fingerprint density at radius 2 is 2.11 bits per heavy atom. The first-order valence-electron chi connectivity index (χ1n) is 9.64. The number of aromatic nitrogens is 2. The van der Waals surface area contributed by atoms with Gasteiger partial charge in [0.2, 0.25) is 5.91 Å². The second-order valence-electron chi connectivity index (χ2n) is 7.17. The third kappa shape index (κ3) is 5.30. The molecule has 0 aliphatic carbocycles. The lowest BCUT2D eigenvalue weighted by Crippen LogP contribution is -2.41. The number of phenolic OH excluding ortho intramolecular Hbond substituents is 1. The zero-order valence-corrected chi connectivity index (χ0v) is 15.9. The molecular weight excluding hydrogens is 342 g/mol. The molecule has 0 unspecified atom stereocenters. The summed E-state index contributed by atoms with van der Waals surface area (Å²) >= 11 is 0. The van der Waals surface area contributed by atoms with Gasteiger partial charge in [0.1, 0.15) is 5.75 Å². The normalized spacial score (nSPS) is 15.8. The van der Waals surface area contributed by atoms with Gasteiger partial charge in [0, 0.05) is 19.6 Å². The molecule has 0 radical (unpaired) electrons. The van der Waals surface area contributed by atoms with Crippen molar-refractivity contribution in [1.29, 1.82) is 0 Å². The van der Waals surface area contributed by atoms with E-state index in [0.717, 1.165) is 50.3 Å². The molecule has 1 amide bonds. The van der Waals surface area contributed by atoms with Gasteiger partial charge >= 0.3 is 0 Å². The van der Waals surface area contributed by atoms with E-state index in [4.69, 9.17) is 5.73 Å². The van der Waals surface area contributed by atoms with Crippen LogP contribution in [0.3, 0.4) is 0 Å². The third-order valence-corrected chi connectivity index (χ3v) is 4.86. The third-order valence-electron chi connectivity index (χ3n) is 4.86. The maximum Gasteiger partial charge on any atom is 0.237 e. The second kappa shape index (κ2) is 9.01. The summed E-state index contributed by atoms with van der Waals surface area (Å²) in [5, 5.41) is 16.8. The number of carbonyl (C=O) groups excluding carboxylic acids is 1. The van der Waals surface area contributed by atoms with Crippen molar-refractivity contribution in [3.05, 3.63) is 47.3 Å². The number of hydrogen-bond acceptors (Lipinski definition) is 5. The molecule has 0 fully saturated rings. The molecule has 0 spiro atoms. The highest BCUT2D eigenvalue weighted by Crippen LogP contribution is 2.14. The summed E-state index contributed by atoms with van der Waals surface area (Å²) in [4.78, 5) is 14.7. The largest absolute Gasteiger partial charge is 0.508 e. The number of rotatable bonds is 7. The number of amides is 1. The number of benzene rings is 1. The number of hydrogen-bond donors (Lipinski definition) is 3. The quantitative estimate of drug-likeness (QED) is 0.683. The molecule has 146 valence electrons. The number of aryl methyl sites for hydroxylation is 1. The van der Waals surface area contributed by atoms with Crippen molar-refractivity contribution in [3.63, 3.8) is 0 Å². The Labute approximate surface area is 160 Å². The van der Waals surface area contributed by atoms with E-state index in [2.05, 4.69) is 33.0 Å². The first kappa shape index (κ1) is 19.4. The molecule has 0 bridgehead atoms. The minimum Gasteiger partial charge on any atom is -0.508 e. The number of nitrogens with two attached hydrogens (primary N) is 1. The molecular formula is C20H29N5O2. The Bertz CT molecular complexity index is 756. The van der Waals surface area contributed by atoms with Gasteiger partial charge in [-0.25, -0.2) is 0 Å². The predicted octanol–water partition coefficient (Wildman–Crippen LogP) is 1.39. The number of nitrogens with one attached hydrogen (secondary N) is 1. The average molecular weight is 371 g/mol. The summed E-state index contributed by atoms with van der Waals surface area (Å²) < 4.78 is 2.06. The molecule has 1 aliphatic rings. The number of carbonyl (C=O) groups is 1. The van der Waals surface area contributed by atoms with Crippen molar-refractivity contribution in [1.82, 2.24) is 20.0 Å². The lowest BCUT2D eigenvalue weighted by molar-refractivity contribution is -0.122. The Morgan fingerprint density at radius 1 is 1.33 bits per heavy atom. The van der Waals surface area contributed by atoms with Crippen molar-refractivity contribution in [2.45, 2.75) is 51.9 Å². The first-order chi connectivity index (χ1) is 13.0. The second-order valence-corrected chi connectivity index (χ2v) is 7.17. The molecule has 27 heavy (non-hydrogen) atoms. The van der Waals surface area contributed by atoms with Crippen LogP contribution >= 0.6 is 0 Å². The summed E-state index contributed by atoms with van der Waals surface area (Å²) in [5.74, 6) is 0.00713. The van der Waals surface area contributed by atoms with Crippen LogP contribution in [0.1, 0.15) is 36.7 Å². The molecule has 0 saturated carbocycles. The van der Waals surface area contributed by atoms with Crippen LogP contribution in [-0.4, -0.2) is 44.8 Å². The number of nitrogens with zero attached hydrogens (tertiary/aromatic N) is 3. The molecule has 4 N–H and O–H groups in total. The van der Waals surface area contributed by atoms with Gasteiger partial charge in [-0.15, -0.1) is 0 Å². The Balaban J connectivity index is 1.53. The van der Waals surface area contributed by atoms with E-state index in [1.54, 1.807) is 24.3 Å². The number of aromatic hydroxyl groups is 1. The minimum absolute atomic E-state index is 0.195. The van der Waals surface area contributed by atoms with Crippen LogP contribution in [0.15, 0.2) is 30.3 Å². The van der Waals surface area contributed by atoms with Gasteiger partial charge < -0.3 is 16.2 Å². The summed E-state index contributed by atoms with van der Waals surface area (Å²) in [6.45, 7) is 6.62. The smallest absolute Gasteiger partial charge is 0.237 e. The Hall–Kier alpha value is -2.38. The van der Waals surface area contributed by atoms with E-state index in [9.17, 15) is 9.90 Å². The van der Waals surface area contributed by atoms with Crippen LogP contribution in [0, 0.1) is 0 Å². The van der Waals surface area contributed by atoms with E-state index in [1.165, 1.54) is 5.69 Å². The minimum atomic E-state index is -0.630. The summed E-state index contributed by atoms with van der Waals surface area (Å²) in [5.41, 5.74) is 9.01. The molecule has 7 heteroatoms. The van der Waals surface area contributed by atoms with E-state index in [-0.39, 0.29) is 11.7 Å². The van der Waals surface area contributed by atoms with Crippen molar-refractivity contribution in [2.24, 2.45) is 5.73 Å². The molecule has 2 aromatic rings. The highest BCUT2D eigenvalue weighted by atomic mass is 16.3. The molecule has 1 aliphatic heterocycles. The lowest BCUT2D eigenvalue weighted by atomic mass is 10.1. The van der Waals surface area contributed by atoms with Crippen molar-refractivity contribution in [2.75, 3.05) is 13.1 Å². The van der Waals surface area contributed by atoms with Crippen molar-refractivity contribution in [3.8, 4) is 5.75 Å². The fourth-order valence-electron chi connectivity index (χ4n) is 3.47. The van der Waals surface area contributed by atoms with Crippen LogP contribution in [-0.2, 0) is 30.8 Å². The maximum atomic E-state index is 12.3. The van der Waals surface area contributed by atoms with Gasteiger partial charge in [0.15, 0.2) is 0 Å². The first-order valence-corrected chi connectivity index (χ1v) is 9.64. The van der Waals surface area contributed by atoms with Crippen molar-refractivity contribution < 1.29 is 9.90 Å². The number of phenols is 1. The van der Waals surface area contributed by atoms with Gasteiger partial charge in [-0.1, -0.05) is 19.1 Å². The lowest BCUT2D eigenvalue weighted by Gasteiger charge is -2.17. The van der Waals surface area contributed by atoms with Crippen molar-refractivity contribution >= 4 is 5.91 Å². The van der Waals surface area contributed by atoms with E-state index in [0.29, 0.717) is 13.0 Å². The van der Waals surface area contributed by atoms with Crippen LogP contribution in [0.5, 0.6) is 5.75 Å². The Morgan fingerprint density at radius 3 is 2.85 bits per heavy atom. The molecule has 1 atom stereocenters. The van der Waals surface area contributed by atoms with Gasteiger partial charge in [0.05, 0.1) is 24.0 Å². The van der Waals surface area contributed by atoms with Crippen LogP contribution < -0.4 is 11.1 Å². The molecule has 3 rings (SSSR count). The van der Waals surface area contributed by atoms with Crippen LogP contribution in [0.4, 0.5) is 0 Å². The van der Waals surface area contributed by atoms with Crippen LogP contribution in [0.25, 0.3) is 0 Å². The molecule has 2 heterocycles. The van der Waals surface area contributed by atoms with Gasteiger partial charge in [-0.05, 0) is 49.6 Å². The topological polar surface area (TPSA) is 96.4 Å². The van der Waals surface area contributed by atoms with Gasteiger partial charge in [0.25, 0.3) is 0 Å². The van der Waals surface area contributed by atoms with Crippen LogP contribution in [0.2, 0.25) is 0 Å². The molecule has 1 aromatic heterocycles. The van der Waals surface area contributed by atoms with E-state index in [1.807, 2.05) is 0 Å². The summed E-state index contributed by atoms with van der Waals surface area (Å²) in [7, 11) is 0. The van der Waals surface area contributed by atoms with Gasteiger partial charge in [-0.3, -0.25) is 14.4 Å². The fraction of sp³-hybridized carbons (Fsp3) is 0.500. The monoisotopic (exact) mass is 371 g/mol.